The van der Waals surface area contributed by atoms with E-state index in [2.05, 4.69) is 19.8 Å². The molecule has 0 N–H and O–H groups in total. The van der Waals surface area contributed by atoms with Crippen LogP contribution in [0.15, 0.2) is 42.7 Å². The molecule has 2 fully saturated rings. The second-order valence-corrected chi connectivity index (χ2v) is 6.04. The number of halogens is 1. The maximum absolute atomic E-state index is 13.4. The molecule has 0 bridgehead atoms. The van der Waals surface area contributed by atoms with Crippen LogP contribution >= 0.6 is 0 Å². The highest BCUT2D eigenvalue weighted by molar-refractivity contribution is 5.33. The van der Waals surface area contributed by atoms with Gasteiger partial charge >= 0.3 is 0 Å². The van der Waals surface area contributed by atoms with Crippen molar-refractivity contribution in [2.24, 2.45) is 0 Å². The minimum atomic E-state index is -0.185. The predicted molar refractivity (Wildman–Crippen MR) is 84.6 cm³/mol. The molecule has 2 aliphatic heterocycles. The fraction of sp³-hybridized carbons (Fsp3) is 0.412. The van der Waals surface area contributed by atoms with Gasteiger partial charge in [0.25, 0.3) is 0 Å². The molecular formula is C17H19FN4O. The molecule has 2 atom stereocenters. The first-order chi connectivity index (χ1) is 11.3. The first kappa shape index (κ1) is 14.5. The van der Waals surface area contributed by atoms with Crippen LogP contribution < -0.4 is 4.90 Å². The minimum Gasteiger partial charge on any atom is -0.373 e. The van der Waals surface area contributed by atoms with Crippen LogP contribution in [0.5, 0.6) is 0 Å². The summed E-state index contributed by atoms with van der Waals surface area (Å²) < 4.78 is 19.3. The van der Waals surface area contributed by atoms with Crippen molar-refractivity contribution >= 4 is 5.95 Å². The Hall–Kier alpha value is -2.05. The highest BCUT2D eigenvalue weighted by atomic mass is 19.1. The summed E-state index contributed by atoms with van der Waals surface area (Å²) in [5.74, 6) is 0.577. The molecule has 120 valence electrons. The zero-order valence-electron chi connectivity index (χ0n) is 12.8. The van der Waals surface area contributed by atoms with Crippen LogP contribution in [0.4, 0.5) is 10.3 Å². The summed E-state index contributed by atoms with van der Waals surface area (Å²) in [6.07, 6.45) is 3.69. The molecule has 4 rings (SSSR count). The zero-order chi connectivity index (χ0) is 15.6. The highest BCUT2D eigenvalue weighted by Gasteiger charge is 2.40. The number of hydrogen-bond acceptors (Lipinski definition) is 5. The number of anilines is 1. The molecule has 0 aliphatic carbocycles. The molecule has 0 unspecified atom stereocenters. The SMILES string of the molecule is Fc1cccc(CN2C[C@@H]3OCCN(c4ncccn4)[C@@H]3C2)c1. The smallest absolute Gasteiger partial charge is 0.225 e. The van der Waals surface area contributed by atoms with Crippen LogP contribution in [-0.4, -0.2) is 53.3 Å². The Morgan fingerprint density at radius 2 is 2.04 bits per heavy atom. The fourth-order valence-corrected chi connectivity index (χ4v) is 3.47. The number of morpholine rings is 1. The van der Waals surface area contributed by atoms with Gasteiger partial charge in [0.2, 0.25) is 5.95 Å². The van der Waals surface area contributed by atoms with Gasteiger partial charge in [0.15, 0.2) is 0 Å². The molecule has 1 aromatic carbocycles. The van der Waals surface area contributed by atoms with Crippen molar-refractivity contribution in [3.05, 3.63) is 54.1 Å². The van der Waals surface area contributed by atoms with E-state index in [1.807, 2.05) is 12.1 Å². The molecule has 0 spiro atoms. The van der Waals surface area contributed by atoms with Gasteiger partial charge in [-0.2, -0.15) is 0 Å². The molecule has 23 heavy (non-hydrogen) atoms. The van der Waals surface area contributed by atoms with Crippen molar-refractivity contribution in [1.82, 2.24) is 14.9 Å². The van der Waals surface area contributed by atoms with Crippen molar-refractivity contribution in [2.45, 2.75) is 18.7 Å². The lowest BCUT2D eigenvalue weighted by atomic mass is 10.1. The normalized spacial score (nSPS) is 24.7. The Labute approximate surface area is 134 Å². The Morgan fingerprint density at radius 1 is 1.17 bits per heavy atom. The number of fused-ring (bicyclic) bond motifs is 1. The third-order valence-electron chi connectivity index (χ3n) is 4.48. The van der Waals surface area contributed by atoms with Gasteiger partial charge in [-0.1, -0.05) is 12.1 Å². The Bertz CT molecular complexity index is 669. The zero-order valence-corrected chi connectivity index (χ0v) is 12.8. The summed E-state index contributed by atoms with van der Waals surface area (Å²) in [6, 6.07) is 8.87. The van der Waals surface area contributed by atoms with Crippen LogP contribution in [-0.2, 0) is 11.3 Å². The van der Waals surface area contributed by atoms with Crippen LogP contribution in [0.1, 0.15) is 5.56 Å². The van der Waals surface area contributed by atoms with E-state index in [9.17, 15) is 4.39 Å². The third-order valence-corrected chi connectivity index (χ3v) is 4.48. The summed E-state index contributed by atoms with van der Waals surface area (Å²) in [7, 11) is 0. The molecule has 5 nitrogen and oxygen atoms in total. The number of rotatable bonds is 3. The lowest BCUT2D eigenvalue weighted by Gasteiger charge is -2.36. The maximum Gasteiger partial charge on any atom is 0.225 e. The van der Waals surface area contributed by atoms with E-state index in [4.69, 9.17) is 4.74 Å². The van der Waals surface area contributed by atoms with Gasteiger partial charge in [-0.3, -0.25) is 4.90 Å². The molecule has 0 radical (unpaired) electrons. The van der Waals surface area contributed by atoms with E-state index >= 15 is 0 Å². The summed E-state index contributed by atoms with van der Waals surface area (Å²) >= 11 is 0. The fourth-order valence-electron chi connectivity index (χ4n) is 3.47. The van der Waals surface area contributed by atoms with Crippen molar-refractivity contribution in [3.63, 3.8) is 0 Å². The number of likely N-dealkylation sites (tertiary alicyclic amines) is 1. The molecule has 0 amide bonds. The standard InChI is InChI=1S/C17H19FN4O/c18-14-4-1-3-13(9-14)10-21-11-15-16(12-21)23-8-7-22(15)17-19-5-2-6-20-17/h1-6,9,15-16H,7-8,10-12H2/t15-,16+/m1/s1. The van der Waals surface area contributed by atoms with Gasteiger partial charge in [-0.15, -0.1) is 0 Å². The Kier molecular flexibility index (Phi) is 3.93. The van der Waals surface area contributed by atoms with E-state index in [-0.39, 0.29) is 18.0 Å². The van der Waals surface area contributed by atoms with Crippen LogP contribution in [0, 0.1) is 5.82 Å². The van der Waals surface area contributed by atoms with Crippen molar-refractivity contribution in [1.29, 1.82) is 0 Å². The van der Waals surface area contributed by atoms with Gasteiger partial charge in [0.05, 0.1) is 18.8 Å². The van der Waals surface area contributed by atoms with Gasteiger partial charge < -0.3 is 9.64 Å². The van der Waals surface area contributed by atoms with Gasteiger partial charge in [0.1, 0.15) is 5.82 Å². The van der Waals surface area contributed by atoms with Gasteiger partial charge in [0, 0.05) is 38.6 Å². The largest absolute Gasteiger partial charge is 0.373 e. The Morgan fingerprint density at radius 3 is 2.87 bits per heavy atom. The molecule has 2 aliphatic rings. The number of benzene rings is 1. The molecule has 0 saturated carbocycles. The van der Waals surface area contributed by atoms with Crippen LogP contribution in [0.2, 0.25) is 0 Å². The second-order valence-electron chi connectivity index (χ2n) is 6.04. The molecule has 2 saturated heterocycles. The van der Waals surface area contributed by atoms with E-state index in [1.54, 1.807) is 24.5 Å². The van der Waals surface area contributed by atoms with Crippen LogP contribution in [0.25, 0.3) is 0 Å². The lowest BCUT2D eigenvalue weighted by Crippen LogP contribution is -2.51. The average Bonchev–Trinajstić information content (AvgIpc) is 2.98. The molecular weight excluding hydrogens is 295 g/mol. The van der Waals surface area contributed by atoms with Crippen molar-refractivity contribution < 1.29 is 9.13 Å². The van der Waals surface area contributed by atoms with E-state index < -0.39 is 0 Å². The third kappa shape index (κ3) is 3.04. The van der Waals surface area contributed by atoms with Crippen molar-refractivity contribution in [2.75, 3.05) is 31.1 Å². The quantitative estimate of drug-likeness (QED) is 0.863. The monoisotopic (exact) mass is 314 g/mol. The Balaban J connectivity index is 1.49. The number of ether oxygens (including phenoxy) is 1. The van der Waals surface area contributed by atoms with Gasteiger partial charge in [-0.05, 0) is 23.8 Å². The topological polar surface area (TPSA) is 41.5 Å². The second kappa shape index (κ2) is 6.22. The van der Waals surface area contributed by atoms with E-state index in [0.29, 0.717) is 6.61 Å². The summed E-state index contributed by atoms with van der Waals surface area (Å²) in [6.45, 7) is 3.95. The van der Waals surface area contributed by atoms with Crippen molar-refractivity contribution in [3.8, 4) is 0 Å². The maximum atomic E-state index is 13.4. The minimum absolute atomic E-state index is 0.154. The first-order valence-electron chi connectivity index (χ1n) is 7.92. The number of aromatic nitrogens is 2. The van der Waals surface area contributed by atoms with Crippen LogP contribution in [0.3, 0.4) is 0 Å². The first-order valence-corrected chi connectivity index (χ1v) is 7.92. The molecule has 3 heterocycles. The van der Waals surface area contributed by atoms with Gasteiger partial charge in [-0.25, -0.2) is 14.4 Å². The molecule has 6 heteroatoms. The average molecular weight is 314 g/mol. The summed E-state index contributed by atoms with van der Waals surface area (Å²) in [5.41, 5.74) is 0.992. The predicted octanol–water partition coefficient (Wildman–Crippen LogP) is 1.71. The number of hydrogen-bond donors (Lipinski definition) is 0. The molecule has 2 aromatic rings. The van der Waals surface area contributed by atoms with E-state index in [1.165, 1.54) is 6.07 Å². The summed E-state index contributed by atoms with van der Waals surface area (Å²) in [4.78, 5) is 13.3. The summed E-state index contributed by atoms with van der Waals surface area (Å²) in [5, 5.41) is 0. The lowest BCUT2D eigenvalue weighted by molar-refractivity contribution is 0.0300. The molecule has 1 aromatic heterocycles. The number of nitrogens with zero attached hydrogens (tertiary/aromatic N) is 4. The highest BCUT2D eigenvalue weighted by Crippen LogP contribution is 2.26. The van der Waals surface area contributed by atoms with E-state index in [0.717, 1.165) is 37.7 Å².